The first-order valence-electron chi connectivity index (χ1n) is 6.50. The van der Waals surface area contributed by atoms with Crippen molar-refractivity contribution in [3.63, 3.8) is 0 Å². The largest absolute Gasteiger partial charge is 0.348 e. The van der Waals surface area contributed by atoms with Crippen molar-refractivity contribution in [2.24, 2.45) is 10.8 Å². The van der Waals surface area contributed by atoms with Crippen molar-refractivity contribution in [2.45, 2.75) is 47.0 Å². The monoisotopic (exact) mass is 507 g/mol. The molecule has 0 saturated carbocycles. The first-order chi connectivity index (χ1) is 8.97. The molecule has 0 aromatic heterocycles. The molecule has 1 amide bonds. The average Bonchev–Trinajstić information content (AvgIpc) is 2.22. The van der Waals surface area contributed by atoms with Crippen molar-refractivity contribution in [1.29, 1.82) is 0 Å². The lowest BCUT2D eigenvalue weighted by Gasteiger charge is -2.34. The van der Waals surface area contributed by atoms with E-state index < -0.39 is 0 Å². The van der Waals surface area contributed by atoms with Gasteiger partial charge in [0.25, 0.3) is 0 Å². The van der Waals surface area contributed by atoms with E-state index in [9.17, 15) is 14.4 Å². The van der Waals surface area contributed by atoms with Crippen LogP contribution in [0.1, 0.15) is 47.0 Å². The fourth-order valence-corrected chi connectivity index (χ4v) is 3.13. The van der Waals surface area contributed by atoms with Crippen molar-refractivity contribution >= 4 is 60.7 Å². The van der Waals surface area contributed by atoms with Gasteiger partial charge in [-0.2, -0.15) is 0 Å². The second-order valence-electron chi connectivity index (χ2n) is 6.66. The summed E-state index contributed by atoms with van der Waals surface area (Å²) in [6, 6.07) is 0. The Labute approximate surface area is 148 Å². The molecule has 4 nitrogen and oxygen atoms in total. The molecule has 0 rings (SSSR count). The number of hydrogen-bond donors (Lipinski definition) is 1. The zero-order valence-corrected chi connectivity index (χ0v) is 16.8. The fourth-order valence-electron chi connectivity index (χ4n) is 2.67. The zero-order chi connectivity index (χ0) is 16.0. The van der Waals surface area contributed by atoms with Crippen molar-refractivity contribution < 1.29 is 14.4 Å². The first kappa shape index (κ1) is 20.3. The second kappa shape index (κ2) is 8.65. The maximum absolute atomic E-state index is 11.8. The lowest BCUT2D eigenvalue weighted by molar-refractivity contribution is -0.124. The van der Waals surface area contributed by atoms with Crippen LogP contribution in [0.5, 0.6) is 0 Å². The minimum atomic E-state index is -0.201. The molecule has 0 radical (unpaired) electrons. The molecule has 0 aromatic rings. The molecule has 0 saturated heterocycles. The Kier molecular flexibility index (Phi) is 8.77. The highest BCUT2D eigenvalue weighted by molar-refractivity contribution is 14.1. The van der Waals surface area contributed by atoms with E-state index in [1.54, 1.807) is 22.6 Å². The fraction of sp³-hybridized carbons (Fsp3) is 0.786. The molecular weight excluding hydrogens is 484 g/mol. The molecule has 20 heavy (non-hydrogen) atoms. The predicted octanol–water partition coefficient (Wildman–Crippen LogP) is 3.29. The van der Waals surface area contributed by atoms with Gasteiger partial charge in [-0.3, -0.25) is 14.4 Å². The van der Waals surface area contributed by atoms with Gasteiger partial charge in [0.05, 0.1) is 11.0 Å². The number of halogens is 2. The summed E-state index contributed by atoms with van der Waals surface area (Å²) in [6.45, 7) is 8.24. The molecule has 0 heterocycles. The van der Waals surface area contributed by atoms with Crippen LogP contribution in [-0.2, 0) is 14.4 Å². The number of hydrogen-bond acceptors (Lipinski definition) is 3. The molecule has 0 aromatic carbocycles. The summed E-state index contributed by atoms with van der Waals surface area (Å²) in [7, 11) is 0. The first-order valence-corrected chi connectivity index (χ1v) is 9.10. The third-order valence-corrected chi connectivity index (χ3v) is 4.08. The van der Waals surface area contributed by atoms with Gasteiger partial charge in [0, 0.05) is 35.4 Å². The van der Waals surface area contributed by atoms with Gasteiger partial charge >= 0.3 is 0 Å². The van der Waals surface area contributed by atoms with Crippen LogP contribution in [0, 0.1) is 10.8 Å². The molecule has 116 valence electrons. The van der Waals surface area contributed by atoms with Crippen molar-refractivity contribution in [3.05, 3.63) is 0 Å². The SMILES string of the molecule is CC(C)(CC(=O)CI)CC(C)(C)CC(=O)NCC(=O)I. The lowest BCUT2D eigenvalue weighted by atomic mass is 9.71. The Morgan fingerprint density at radius 2 is 1.50 bits per heavy atom. The highest BCUT2D eigenvalue weighted by Gasteiger charge is 2.32. The predicted molar refractivity (Wildman–Crippen MR) is 97.3 cm³/mol. The Hall–Kier alpha value is 0.270. The van der Waals surface area contributed by atoms with Crippen LogP contribution in [0.15, 0.2) is 0 Å². The van der Waals surface area contributed by atoms with E-state index in [0.717, 1.165) is 6.42 Å². The van der Waals surface area contributed by atoms with E-state index in [4.69, 9.17) is 0 Å². The molecule has 0 spiro atoms. The third kappa shape index (κ3) is 10.1. The van der Waals surface area contributed by atoms with Gasteiger partial charge in [-0.1, -0.05) is 50.3 Å². The minimum absolute atomic E-state index is 0.0756. The van der Waals surface area contributed by atoms with Crippen LogP contribution in [0.4, 0.5) is 0 Å². The Morgan fingerprint density at radius 1 is 1.00 bits per heavy atom. The summed E-state index contributed by atoms with van der Waals surface area (Å²) in [5.41, 5.74) is -0.321. The lowest BCUT2D eigenvalue weighted by Crippen LogP contribution is -2.34. The van der Waals surface area contributed by atoms with E-state index in [1.807, 2.05) is 13.8 Å². The van der Waals surface area contributed by atoms with E-state index in [2.05, 4.69) is 41.8 Å². The number of nitrogens with one attached hydrogen (secondary N) is 1. The second-order valence-corrected chi connectivity index (χ2v) is 8.63. The molecule has 6 heteroatoms. The zero-order valence-electron chi connectivity index (χ0n) is 12.5. The number of carbonyl (C=O) groups is 3. The Bertz CT molecular complexity index is 379. The number of ketones is 1. The van der Waals surface area contributed by atoms with Gasteiger partial charge in [0.2, 0.25) is 9.70 Å². The topological polar surface area (TPSA) is 63.2 Å². The van der Waals surface area contributed by atoms with Gasteiger partial charge in [-0.15, -0.1) is 0 Å². The van der Waals surface area contributed by atoms with Gasteiger partial charge in [0.15, 0.2) is 0 Å². The molecule has 1 N–H and O–H groups in total. The number of alkyl halides is 1. The van der Waals surface area contributed by atoms with Crippen LogP contribution >= 0.6 is 45.2 Å². The van der Waals surface area contributed by atoms with Crippen molar-refractivity contribution in [2.75, 3.05) is 11.0 Å². The smallest absolute Gasteiger partial charge is 0.220 e. The Morgan fingerprint density at radius 3 is 1.95 bits per heavy atom. The summed E-state index contributed by atoms with van der Waals surface area (Å²) >= 11 is 3.74. The minimum Gasteiger partial charge on any atom is -0.348 e. The Balaban J connectivity index is 4.45. The van der Waals surface area contributed by atoms with Crippen molar-refractivity contribution in [3.8, 4) is 0 Å². The average molecular weight is 507 g/mol. The molecule has 0 bridgehead atoms. The maximum Gasteiger partial charge on any atom is 0.220 e. The van der Waals surface area contributed by atoms with E-state index >= 15 is 0 Å². The molecule has 0 aliphatic heterocycles. The van der Waals surface area contributed by atoms with Crippen LogP contribution < -0.4 is 5.32 Å². The maximum atomic E-state index is 11.8. The van der Waals surface area contributed by atoms with E-state index in [-0.39, 0.29) is 32.9 Å². The molecular formula is C14H23I2NO3. The van der Waals surface area contributed by atoms with E-state index in [0.29, 0.717) is 17.3 Å². The molecule has 0 fully saturated rings. The summed E-state index contributed by atoms with van der Waals surface area (Å²) in [4.78, 5) is 34.2. The van der Waals surface area contributed by atoms with Crippen LogP contribution in [0.3, 0.4) is 0 Å². The van der Waals surface area contributed by atoms with Gasteiger partial charge < -0.3 is 5.32 Å². The normalized spacial score (nSPS) is 12.1. The van der Waals surface area contributed by atoms with Crippen LogP contribution in [0.25, 0.3) is 0 Å². The summed E-state index contributed by atoms with van der Waals surface area (Å²) in [5.74, 6) is 0.127. The quantitative estimate of drug-likeness (QED) is 0.296. The van der Waals surface area contributed by atoms with E-state index in [1.165, 1.54) is 0 Å². The van der Waals surface area contributed by atoms with Gasteiger partial charge in [-0.05, 0) is 17.3 Å². The van der Waals surface area contributed by atoms with Gasteiger partial charge in [-0.25, -0.2) is 0 Å². The summed E-state index contributed by atoms with van der Waals surface area (Å²) in [6.07, 6.45) is 1.68. The standard InChI is InChI=1S/C14H23I2NO3/c1-13(2,5-10(18)7-15)9-14(3,4)6-12(20)17-8-11(16)19/h5-9H2,1-4H3,(H,17,20). The highest BCUT2D eigenvalue weighted by atomic mass is 127. The molecule has 0 aliphatic carbocycles. The molecule has 0 atom stereocenters. The number of Topliss-reactive ketones (excluding diaryl/α,β-unsaturated/α-hetero) is 1. The van der Waals surface area contributed by atoms with Crippen LogP contribution in [-0.4, -0.2) is 26.5 Å². The highest BCUT2D eigenvalue weighted by Crippen LogP contribution is 2.38. The summed E-state index contributed by atoms with van der Waals surface area (Å²) in [5, 5.41) is 2.61. The number of rotatable bonds is 9. The molecule has 0 aliphatic rings. The molecule has 0 unspecified atom stereocenters. The summed E-state index contributed by atoms with van der Waals surface area (Å²) < 4.78 is 0.446. The van der Waals surface area contributed by atoms with Crippen LogP contribution in [0.2, 0.25) is 0 Å². The number of amides is 1. The third-order valence-electron chi connectivity index (χ3n) is 2.85. The van der Waals surface area contributed by atoms with Gasteiger partial charge in [0.1, 0.15) is 5.78 Å². The number of carbonyl (C=O) groups excluding carboxylic acids is 3. The van der Waals surface area contributed by atoms with Crippen molar-refractivity contribution in [1.82, 2.24) is 5.32 Å².